The maximum Gasteiger partial charge on any atom is 0.236 e. The third-order valence-corrected chi connectivity index (χ3v) is 2.63. The van der Waals surface area contributed by atoms with E-state index in [0.29, 0.717) is 16.6 Å². The number of hydrogen-bond donors (Lipinski definition) is 2. The number of thioether (sulfide) groups is 1. The van der Waals surface area contributed by atoms with Gasteiger partial charge in [-0.3, -0.25) is 9.79 Å². The van der Waals surface area contributed by atoms with Crippen molar-refractivity contribution in [1.82, 2.24) is 5.32 Å². The van der Waals surface area contributed by atoms with Crippen LogP contribution in [-0.4, -0.2) is 23.0 Å². The number of nitrogens with zero attached hydrogens (tertiary/aromatic N) is 1. The Labute approximate surface area is 162 Å². The van der Waals surface area contributed by atoms with Gasteiger partial charge in [0.1, 0.15) is 0 Å². The van der Waals surface area contributed by atoms with Gasteiger partial charge in [0.25, 0.3) is 0 Å². The minimum Gasteiger partial charge on any atom is -0.313 e. The quantitative estimate of drug-likeness (QED) is 0.549. The number of carbonyl (C=O) groups is 1. The maximum absolute atomic E-state index is 12.7. The Bertz CT molecular complexity index is 469. The summed E-state index contributed by atoms with van der Waals surface area (Å²) in [6.45, 7) is 5.94. The molecule has 1 aliphatic rings. The summed E-state index contributed by atoms with van der Waals surface area (Å²) in [4.78, 5) is 14.8. The molecular formula is C14H19FN3OPrS-. The summed E-state index contributed by atoms with van der Waals surface area (Å²) < 4.78 is 12.7. The Morgan fingerprint density at radius 1 is 1.57 bits per heavy atom. The van der Waals surface area contributed by atoms with Crippen molar-refractivity contribution < 1.29 is 50.5 Å². The molecular weight excluding hydrogens is 418 g/mol. The second-order valence-corrected chi connectivity index (χ2v) is 4.22. The van der Waals surface area contributed by atoms with E-state index in [-0.39, 0.29) is 53.0 Å². The molecule has 113 valence electrons. The average Bonchev–Trinajstić information content (AvgIpc) is 2.87. The molecule has 0 atom stereocenters. The minimum atomic E-state index is -0.363. The summed E-state index contributed by atoms with van der Waals surface area (Å²) in [7, 11) is 0. The van der Waals surface area contributed by atoms with Gasteiger partial charge in [0.15, 0.2) is 5.17 Å². The predicted octanol–water partition coefficient (Wildman–Crippen LogP) is 3.55. The van der Waals surface area contributed by atoms with Crippen LogP contribution in [0.25, 0.3) is 0 Å². The van der Waals surface area contributed by atoms with Gasteiger partial charge in [0, 0.05) is 47.1 Å². The van der Waals surface area contributed by atoms with Crippen LogP contribution in [0, 0.1) is 58.6 Å². The van der Waals surface area contributed by atoms with E-state index >= 15 is 0 Å². The van der Waals surface area contributed by atoms with Crippen LogP contribution in [0.4, 0.5) is 10.1 Å². The fourth-order valence-electron chi connectivity index (χ4n) is 0.987. The van der Waals surface area contributed by atoms with Crippen molar-refractivity contribution in [2.45, 2.75) is 27.2 Å². The van der Waals surface area contributed by atoms with Crippen LogP contribution in [0.2, 0.25) is 0 Å². The summed E-state index contributed by atoms with van der Waals surface area (Å²) >= 11 is 1.30. The van der Waals surface area contributed by atoms with Crippen molar-refractivity contribution in [3.63, 3.8) is 0 Å². The fourth-order valence-corrected chi connectivity index (χ4v) is 1.68. The van der Waals surface area contributed by atoms with Crippen LogP contribution >= 0.6 is 11.8 Å². The van der Waals surface area contributed by atoms with Gasteiger partial charge in [0.05, 0.1) is 5.75 Å². The summed E-state index contributed by atoms with van der Waals surface area (Å²) in [6.07, 6.45) is 2.24. The first-order chi connectivity index (χ1) is 9.65. The van der Waals surface area contributed by atoms with E-state index in [1.54, 1.807) is 0 Å². The summed E-state index contributed by atoms with van der Waals surface area (Å²) in [5.41, 5.74) is 0.384. The molecule has 2 rings (SSSR count). The van der Waals surface area contributed by atoms with Gasteiger partial charge in [-0.05, 0) is 18.3 Å². The third kappa shape index (κ3) is 11.0. The van der Waals surface area contributed by atoms with Crippen LogP contribution in [0.3, 0.4) is 0 Å². The first kappa shape index (κ1) is 22.9. The molecule has 0 unspecified atom stereocenters. The van der Waals surface area contributed by atoms with Crippen LogP contribution in [0.1, 0.15) is 27.2 Å². The minimum absolute atomic E-state index is 0. The van der Waals surface area contributed by atoms with E-state index in [0.717, 1.165) is 6.42 Å². The molecule has 1 heterocycles. The maximum atomic E-state index is 12.7. The molecule has 2 N–H and O–H groups in total. The molecule has 1 saturated heterocycles. The Morgan fingerprint density at radius 2 is 2.19 bits per heavy atom. The molecule has 0 saturated carbocycles. The molecule has 4 nitrogen and oxygen atoms in total. The molecule has 1 amide bonds. The van der Waals surface area contributed by atoms with Crippen molar-refractivity contribution >= 4 is 34.7 Å². The van der Waals surface area contributed by atoms with Gasteiger partial charge in [-0.15, -0.1) is 12.1 Å². The number of aliphatic imine (C=N–C) groups is 1. The second kappa shape index (κ2) is 14.6. The van der Waals surface area contributed by atoms with E-state index in [9.17, 15) is 9.18 Å². The van der Waals surface area contributed by atoms with Gasteiger partial charge in [-0.25, -0.2) is 4.39 Å². The van der Waals surface area contributed by atoms with Crippen molar-refractivity contribution in [3.8, 4) is 0 Å². The Balaban J connectivity index is 0. The van der Waals surface area contributed by atoms with Crippen molar-refractivity contribution in [3.05, 3.63) is 30.1 Å². The number of rotatable bonds is 2. The average molecular weight is 437 g/mol. The summed E-state index contributed by atoms with van der Waals surface area (Å²) in [5.74, 6) is -0.0729. The zero-order valence-electron chi connectivity index (χ0n) is 12.4. The molecule has 0 aromatic heterocycles. The molecule has 0 spiro atoms. The van der Waals surface area contributed by atoms with E-state index in [4.69, 9.17) is 5.41 Å². The third-order valence-electron chi connectivity index (χ3n) is 1.76. The molecule has 7 heteroatoms. The van der Waals surface area contributed by atoms with Gasteiger partial charge in [-0.1, -0.05) is 32.5 Å². The number of amides is 1. The largest absolute Gasteiger partial charge is 0.313 e. The van der Waals surface area contributed by atoms with Crippen LogP contribution in [0.15, 0.2) is 23.2 Å². The smallest absolute Gasteiger partial charge is 0.236 e. The SMILES string of the molecule is CC.CCC=N.O=C1CSC(=Nc2[c-]ccc(F)c2)N1.[Pr]. The number of carbonyl (C=O) groups excluding carboxylic acids is 1. The molecule has 1 aliphatic heterocycles. The van der Waals surface area contributed by atoms with Gasteiger partial charge < -0.3 is 10.7 Å². The number of nitrogens with one attached hydrogen (secondary N) is 2. The standard InChI is InChI=1S/C9H6FN2OS.C3H7N.C2H6.Pr/c10-6-2-1-3-7(4-6)11-9-12-8(13)5-14-9;1-2-3-4;1-2;/h1-2,4H,5H2,(H,11,12,13);3-4H,2H2,1H3;1-2H3;/q-1;;;. The molecule has 0 bridgehead atoms. The Hall–Kier alpha value is -0.326. The van der Waals surface area contributed by atoms with E-state index < -0.39 is 0 Å². The summed E-state index contributed by atoms with van der Waals surface area (Å²) in [6, 6.07) is 6.77. The molecule has 1 aromatic carbocycles. The Morgan fingerprint density at radius 3 is 2.62 bits per heavy atom. The zero-order valence-corrected chi connectivity index (χ0v) is 17.0. The Kier molecular flexibility index (Phi) is 16.0. The number of benzene rings is 1. The second-order valence-electron chi connectivity index (χ2n) is 3.26. The zero-order chi connectivity index (χ0) is 15.4. The summed E-state index contributed by atoms with van der Waals surface area (Å²) in [5, 5.41) is 9.38. The first-order valence-corrected chi connectivity index (χ1v) is 7.31. The fraction of sp³-hybridized carbons (Fsp3) is 0.357. The monoisotopic (exact) mass is 437 g/mol. The van der Waals surface area contributed by atoms with Gasteiger partial charge in [-0.2, -0.15) is 12.1 Å². The van der Waals surface area contributed by atoms with Crippen molar-refractivity contribution in [1.29, 1.82) is 5.41 Å². The molecule has 1 radical (unpaired) electrons. The van der Waals surface area contributed by atoms with Crippen LogP contribution in [0.5, 0.6) is 0 Å². The van der Waals surface area contributed by atoms with Crippen molar-refractivity contribution in [2.24, 2.45) is 4.99 Å². The van der Waals surface area contributed by atoms with E-state index in [1.807, 2.05) is 20.8 Å². The van der Waals surface area contributed by atoms with Crippen LogP contribution in [-0.2, 0) is 4.79 Å². The van der Waals surface area contributed by atoms with E-state index in [2.05, 4.69) is 16.4 Å². The number of halogens is 1. The normalized spacial score (nSPS) is 13.9. The number of amidine groups is 1. The topological polar surface area (TPSA) is 65.3 Å². The molecule has 1 aromatic rings. The van der Waals surface area contributed by atoms with Gasteiger partial charge >= 0.3 is 0 Å². The number of hydrogen-bond acceptors (Lipinski definition) is 4. The molecule has 1 fully saturated rings. The van der Waals surface area contributed by atoms with Crippen molar-refractivity contribution in [2.75, 3.05) is 5.75 Å². The predicted molar refractivity (Wildman–Crippen MR) is 83.4 cm³/mol. The van der Waals surface area contributed by atoms with E-state index in [1.165, 1.54) is 36.2 Å². The van der Waals surface area contributed by atoms with Crippen LogP contribution < -0.4 is 5.32 Å². The first-order valence-electron chi connectivity index (χ1n) is 6.33. The van der Waals surface area contributed by atoms with Gasteiger partial charge in [0.2, 0.25) is 5.91 Å². The molecule has 0 aliphatic carbocycles. The molecule has 21 heavy (non-hydrogen) atoms.